The quantitative estimate of drug-likeness (QED) is 0.601. The van der Waals surface area contributed by atoms with Crippen molar-refractivity contribution in [2.24, 2.45) is 51.2 Å². The summed E-state index contributed by atoms with van der Waals surface area (Å²) in [7, 11) is 0. The third kappa shape index (κ3) is 2.22. The predicted molar refractivity (Wildman–Crippen MR) is 113 cm³/mol. The van der Waals surface area contributed by atoms with Crippen LogP contribution in [0.25, 0.3) is 0 Å². The lowest BCUT2D eigenvalue weighted by Crippen LogP contribution is -2.54. The Bertz CT molecular complexity index is 655. The van der Waals surface area contributed by atoms with Crippen molar-refractivity contribution in [2.45, 2.75) is 104 Å². The van der Waals surface area contributed by atoms with Crippen LogP contribution in [0.5, 0.6) is 0 Å². The van der Waals surface area contributed by atoms with Crippen LogP contribution in [0.3, 0.4) is 0 Å². The highest BCUT2D eigenvalue weighted by Gasteiger charge is 2.80. The Labute approximate surface area is 172 Å². The molecule has 0 aromatic heterocycles. The van der Waals surface area contributed by atoms with Crippen molar-refractivity contribution in [1.82, 2.24) is 0 Å². The van der Waals surface area contributed by atoms with Gasteiger partial charge in [0.2, 0.25) is 0 Å². The molecule has 0 aliphatic heterocycles. The van der Waals surface area contributed by atoms with Gasteiger partial charge < -0.3 is 9.90 Å². The van der Waals surface area contributed by atoms with Crippen LogP contribution >= 0.6 is 0 Å². The zero-order chi connectivity index (χ0) is 19.9. The fraction of sp³-hybridized carbons (Fsp3) is 0.962. The van der Waals surface area contributed by atoms with Crippen molar-refractivity contribution in [2.75, 3.05) is 0 Å². The molecule has 0 radical (unpaired) electrons. The Kier molecular flexibility index (Phi) is 4.25. The van der Waals surface area contributed by atoms with Crippen LogP contribution in [-0.4, -0.2) is 17.5 Å². The Hall–Kier alpha value is -0.370. The van der Waals surface area contributed by atoms with Gasteiger partial charge in [-0.05, 0) is 115 Å². The van der Waals surface area contributed by atoms with Crippen LogP contribution in [0.4, 0.5) is 0 Å². The fourth-order valence-corrected chi connectivity index (χ4v) is 10.4. The maximum absolute atomic E-state index is 10.9. The first-order valence-corrected chi connectivity index (χ1v) is 12.3. The number of carbonyl (C=O) groups is 1. The van der Waals surface area contributed by atoms with E-state index < -0.39 is 0 Å². The molecular weight excluding hydrogens is 344 g/mol. The summed E-state index contributed by atoms with van der Waals surface area (Å²) in [6.45, 7) is 9.79. The van der Waals surface area contributed by atoms with Gasteiger partial charge in [-0.3, -0.25) is 0 Å². The zero-order valence-electron chi connectivity index (χ0n) is 18.7. The second kappa shape index (κ2) is 6.08. The molecular formula is C26H42O2. The molecule has 2 spiro atoms. The van der Waals surface area contributed by atoms with Gasteiger partial charge in [-0.2, -0.15) is 0 Å². The van der Waals surface area contributed by atoms with Gasteiger partial charge in [0.15, 0.2) is 0 Å². The van der Waals surface area contributed by atoms with Crippen LogP contribution in [-0.2, 0) is 4.79 Å². The third-order valence-electron chi connectivity index (χ3n) is 11.8. The van der Waals surface area contributed by atoms with E-state index in [0.717, 1.165) is 49.2 Å². The van der Waals surface area contributed by atoms with Gasteiger partial charge in [-0.25, -0.2) is 0 Å². The smallest absolute Gasteiger partial charge is 0.120 e. The molecule has 2 nitrogen and oxygen atoms in total. The number of aliphatic hydroxyl groups excluding tert-OH is 1. The van der Waals surface area contributed by atoms with E-state index >= 15 is 0 Å². The monoisotopic (exact) mass is 386 g/mol. The van der Waals surface area contributed by atoms with E-state index in [1.807, 2.05) is 0 Å². The summed E-state index contributed by atoms with van der Waals surface area (Å²) in [5.41, 5.74) is 1.81. The number of carbonyl (C=O) groups excluding carboxylic acids is 1. The summed E-state index contributed by atoms with van der Waals surface area (Å²) in [6, 6.07) is 0. The Balaban J connectivity index is 1.41. The number of aliphatic hydroxyl groups is 1. The lowest BCUT2D eigenvalue weighted by atomic mass is 9.46. The average Bonchev–Trinajstić information content (AvgIpc) is 3.20. The molecule has 0 heterocycles. The van der Waals surface area contributed by atoms with Gasteiger partial charge in [0, 0.05) is 6.42 Å². The molecule has 0 unspecified atom stereocenters. The second-order valence-electron chi connectivity index (χ2n) is 12.6. The summed E-state index contributed by atoms with van der Waals surface area (Å²) < 4.78 is 0. The highest BCUT2D eigenvalue weighted by molar-refractivity contribution is 5.49. The Morgan fingerprint density at radius 2 is 1.71 bits per heavy atom. The van der Waals surface area contributed by atoms with Crippen molar-refractivity contribution in [1.29, 1.82) is 0 Å². The van der Waals surface area contributed by atoms with Gasteiger partial charge in [0.05, 0.1) is 6.10 Å². The maximum Gasteiger partial charge on any atom is 0.120 e. The van der Waals surface area contributed by atoms with Gasteiger partial charge in [0.25, 0.3) is 0 Å². The minimum atomic E-state index is -0.0966. The van der Waals surface area contributed by atoms with E-state index in [-0.39, 0.29) is 11.5 Å². The predicted octanol–water partition coefficient (Wildman–Crippen LogP) is 6.01. The number of hydrogen-bond acceptors (Lipinski definition) is 2. The maximum atomic E-state index is 10.9. The van der Waals surface area contributed by atoms with E-state index in [1.54, 1.807) is 0 Å². The van der Waals surface area contributed by atoms with Crippen molar-refractivity contribution in [3.8, 4) is 0 Å². The molecule has 0 bridgehead atoms. The van der Waals surface area contributed by atoms with E-state index in [1.165, 1.54) is 51.4 Å². The fourth-order valence-electron chi connectivity index (χ4n) is 10.4. The van der Waals surface area contributed by atoms with Crippen LogP contribution < -0.4 is 0 Å². The summed E-state index contributed by atoms with van der Waals surface area (Å²) in [4.78, 5) is 10.9. The molecule has 9 atom stereocenters. The van der Waals surface area contributed by atoms with Crippen molar-refractivity contribution in [3.63, 3.8) is 0 Å². The van der Waals surface area contributed by atoms with E-state index in [2.05, 4.69) is 27.7 Å². The summed E-state index contributed by atoms with van der Waals surface area (Å²) in [5.74, 6) is 4.12. The first kappa shape index (κ1) is 19.6. The third-order valence-corrected chi connectivity index (χ3v) is 11.8. The molecule has 28 heavy (non-hydrogen) atoms. The minimum absolute atomic E-state index is 0.0966. The lowest BCUT2D eigenvalue weighted by Gasteiger charge is -2.59. The topological polar surface area (TPSA) is 37.3 Å². The van der Waals surface area contributed by atoms with Gasteiger partial charge in [-0.15, -0.1) is 0 Å². The number of aldehydes is 1. The molecule has 0 saturated heterocycles. The molecule has 5 aliphatic carbocycles. The van der Waals surface area contributed by atoms with E-state index in [0.29, 0.717) is 22.2 Å². The molecule has 1 N–H and O–H groups in total. The second-order valence-corrected chi connectivity index (χ2v) is 12.6. The van der Waals surface area contributed by atoms with Crippen LogP contribution in [0.2, 0.25) is 0 Å². The first-order valence-electron chi connectivity index (χ1n) is 12.3. The molecule has 158 valence electrons. The summed E-state index contributed by atoms with van der Waals surface area (Å²) >= 11 is 0. The standard InChI is InChI=1S/C26H42O2/c1-17(6-5-15-27)18-7-8-19-20-9-10-21-23(2,3)22(28)11-12-26(21)16-25(20,26)14-13-24(18,19)4/h15,17-22,28H,5-14,16H2,1-4H3/t17-,18-,19+,20+,21+,22+,24-,25+,26-/m1/s1. The van der Waals surface area contributed by atoms with Crippen molar-refractivity contribution in [3.05, 3.63) is 0 Å². The molecule has 2 heteroatoms. The zero-order valence-corrected chi connectivity index (χ0v) is 18.7. The van der Waals surface area contributed by atoms with Crippen LogP contribution in [0, 0.1) is 51.2 Å². The number of hydrogen-bond donors (Lipinski definition) is 1. The van der Waals surface area contributed by atoms with Crippen molar-refractivity contribution < 1.29 is 9.90 Å². The molecule has 0 aromatic carbocycles. The molecule has 5 saturated carbocycles. The van der Waals surface area contributed by atoms with Crippen LogP contribution in [0.1, 0.15) is 98.3 Å². The molecule has 5 aliphatic rings. The van der Waals surface area contributed by atoms with Gasteiger partial charge in [-0.1, -0.05) is 27.7 Å². The summed E-state index contributed by atoms with van der Waals surface area (Å²) in [6.07, 6.45) is 15.1. The molecule has 5 rings (SSSR count). The van der Waals surface area contributed by atoms with E-state index in [9.17, 15) is 9.90 Å². The molecule has 5 fully saturated rings. The van der Waals surface area contributed by atoms with Crippen molar-refractivity contribution >= 4 is 6.29 Å². The molecule has 0 amide bonds. The SMILES string of the molecule is C[C@H](CCC=O)[C@H]1CC[C@H]2[C@@H]3CC[C@H]4C(C)(C)[C@@H](O)CC[C@@]45C[C@@]35CC[C@]12C. The first-order chi connectivity index (χ1) is 13.2. The largest absolute Gasteiger partial charge is 0.393 e. The number of rotatable bonds is 4. The van der Waals surface area contributed by atoms with Gasteiger partial charge >= 0.3 is 0 Å². The highest BCUT2D eigenvalue weighted by atomic mass is 16.3. The Morgan fingerprint density at radius 3 is 2.46 bits per heavy atom. The number of fused-ring (bicyclic) bond motifs is 2. The Morgan fingerprint density at radius 1 is 0.964 bits per heavy atom. The molecule has 0 aromatic rings. The normalized spacial score (nSPS) is 54.7. The van der Waals surface area contributed by atoms with Gasteiger partial charge in [0.1, 0.15) is 6.29 Å². The minimum Gasteiger partial charge on any atom is -0.393 e. The van der Waals surface area contributed by atoms with Crippen LogP contribution in [0.15, 0.2) is 0 Å². The lowest BCUT2D eigenvalue weighted by molar-refractivity contribution is -0.133. The highest BCUT2D eigenvalue weighted by Crippen LogP contribution is 2.87. The van der Waals surface area contributed by atoms with E-state index in [4.69, 9.17) is 0 Å². The average molecular weight is 387 g/mol. The summed E-state index contributed by atoms with van der Waals surface area (Å²) in [5, 5.41) is 10.7.